The third-order valence-electron chi connectivity index (χ3n) is 4.09. The molecule has 4 nitrogen and oxygen atoms in total. The molecule has 0 bridgehead atoms. The molecule has 3 amide bonds. The number of carbonyl (C=O) groups excluding carboxylic acids is 2. The van der Waals surface area contributed by atoms with E-state index in [0.29, 0.717) is 11.4 Å². The van der Waals surface area contributed by atoms with Gasteiger partial charge in [-0.3, -0.25) is 9.69 Å². The fourth-order valence-corrected chi connectivity index (χ4v) is 4.40. The van der Waals surface area contributed by atoms with Crippen LogP contribution in [0.15, 0.2) is 54.6 Å². The molecule has 0 N–H and O–H groups in total. The molecule has 2 unspecified atom stereocenters. The average molecular weight is 328 g/mol. The zero-order valence-corrected chi connectivity index (χ0v) is 12.9. The minimum absolute atomic E-state index is 0.196. The first-order chi connectivity index (χ1) is 11.2. The molecule has 2 heterocycles. The number of benzene rings is 2. The molecule has 2 aliphatic rings. The summed E-state index contributed by atoms with van der Waals surface area (Å²) in [7, 11) is 0. The largest absolute Gasteiger partial charge is 0.333 e. The number of hydrogen-bond donors (Lipinski definition) is 0. The summed E-state index contributed by atoms with van der Waals surface area (Å²) in [5.74, 6) is 0.0389. The van der Waals surface area contributed by atoms with Crippen LogP contribution < -0.4 is 4.90 Å². The lowest BCUT2D eigenvalue weighted by Gasteiger charge is -2.23. The molecule has 0 spiro atoms. The number of nitrogens with zero attached hydrogens (tertiary/aromatic N) is 2. The predicted octanol–water partition coefficient (Wildman–Crippen LogP) is 3.41. The van der Waals surface area contributed by atoms with E-state index in [1.165, 1.54) is 28.8 Å². The maximum atomic E-state index is 13.1. The van der Waals surface area contributed by atoms with E-state index in [2.05, 4.69) is 0 Å². The Hall–Kier alpha value is -2.34. The lowest BCUT2D eigenvalue weighted by Crippen LogP contribution is -2.33. The Bertz CT molecular complexity index is 766. The van der Waals surface area contributed by atoms with Gasteiger partial charge in [0.05, 0.1) is 5.69 Å². The van der Waals surface area contributed by atoms with Crippen molar-refractivity contribution in [2.45, 2.75) is 11.4 Å². The van der Waals surface area contributed by atoms with Crippen molar-refractivity contribution in [1.29, 1.82) is 0 Å². The van der Waals surface area contributed by atoms with Crippen LogP contribution in [-0.2, 0) is 4.79 Å². The summed E-state index contributed by atoms with van der Waals surface area (Å²) in [5.41, 5.74) is 1.41. The van der Waals surface area contributed by atoms with Crippen LogP contribution in [0, 0.1) is 5.82 Å². The third-order valence-corrected chi connectivity index (χ3v) is 5.41. The molecule has 0 radical (unpaired) electrons. The molecule has 0 aromatic heterocycles. The van der Waals surface area contributed by atoms with Gasteiger partial charge in [0, 0.05) is 5.75 Å². The summed E-state index contributed by atoms with van der Waals surface area (Å²) < 4.78 is 13.1. The maximum Gasteiger partial charge on any atom is 0.333 e. The lowest BCUT2D eigenvalue weighted by molar-refractivity contribution is -0.119. The van der Waals surface area contributed by atoms with Crippen LogP contribution in [-0.4, -0.2) is 28.6 Å². The van der Waals surface area contributed by atoms with E-state index in [1.807, 2.05) is 6.07 Å². The van der Waals surface area contributed by atoms with Crippen LogP contribution in [0.3, 0.4) is 0 Å². The number of amides is 3. The van der Waals surface area contributed by atoms with Gasteiger partial charge in [0.25, 0.3) is 5.91 Å². The lowest BCUT2D eigenvalue weighted by atomic mass is 10.2. The number of anilines is 1. The predicted molar refractivity (Wildman–Crippen MR) is 86.6 cm³/mol. The third kappa shape index (κ3) is 2.21. The minimum Gasteiger partial charge on any atom is -0.295 e. The second-order valence-corrected chi connectivity index (χ2v) is 6.57. The van der Waals surface area contributed by atoms with Gasteiger partial charge in [0.2, 0.25) is 0 Å². The summed E-state index contributed by atoms with van der Waals surface area (Å²) in [4.78, 5) is 28.3. The molecule has 116 valence electrons. The van der Waals surface area contributed by atoms with E-state index < -0.39 is 6.04 Å². The number of fused-ring (bicyclic) bond motifs is 1. The number of hydrogen-bond acceptors (Lipinski definition) is 3. The van der Waals surface area contributed by atoms with Gasteiger partial charge in [-0.15, -0.1) is 11.8 Å². The molecule has 4 rings (SSSR count). The molecule has 0 aliphatic carbocycles. The van der Waals surface area contributed by atoms with E-state index >= 15 is 0 Å². The van der Waals surface area contributed by atoms with E-state index in [4.69, 9.17) is 0 Å². The zero-order valence-electron chi connectivity index (χ0n) is 12.1. The Kier molecular flexibility index (Phi) is 3.34. The Morgan fingerprint density at radius 1 is 1.00 bits per heavy atom. The molecule has 2 aromatic rings. The number of rotatable bonds is 2. The van der Waals surface area contributed by atoms with Crippen molar-refractivity contribution in [1.82, 2.24) is 4.90 Å². The van der Waals surface area contributed by atoms with Gasteiger partial charge in [0.15, 0.2) is 0 Å². The molecule has 23 heavy (non-hydrogen) atoms. The number of carbonyl (C=O) groups is 2. The fraction of sp³-hybridized carbons (Fsp3) is 0.176. The number of halogens is 1. The summed E-state index contributed by atoms with van der Waals surface area (Å²) in [6.45, 7) is 0. The van der Waals surface area contributed by atoms with Crippen molar-refractivity contribution in [3.8, 4) is 0 Å². The highest BCUT2D eigenvalue weighted by atomic mass is 32.2. The van der Waals surface area contributed by atoms with E-state index in [0.717, 1.165) is 5.56 Å². The van der Waals surface area contributed by atoms with E-state index in [9.17, 15) is 14.0 Å². The molecular weight excluding hydrogens is 315 g/mol. The molecule has 2 fully saturated rings. The van der Waals surface area contributed by atoms with Crippen molar-refractivity contribution in [3.63, 3.8) is 0 Å². The van der Waals surface area contributed by atoms with Gasteiger partial charge in [-0.1, -0.05) is 30.3 Å². The van der Waals surface area contributed by atoms with Crippen LogP contribution in [0.1, 0.15) is 10.9 Å². The Balaban J connectivity index is 1.68. The Morgan fingerprint density at radius 3 is 2.39 bits per heavy atom. The SMILES string of the molecule is O=C1C2CSC(c3ccc(F)cc3)N2C(=O)N1c1ccccc1. The van der Waals surface area contributed by atoms with E-state index in [1.54, 1.807) is 41.3 Å². The maximum absolute atomic E-state index is 13.1. The van der Waals surface area contributed by atoms with Crippen molar-refractivity contribution in [2.75, 3.05) is 10.7 Å². The first-order valence-corrected chi connectivity index (χ1v) is 8.30. The fourth-order valence-electron chi connectivity index (χ4n) is 2.99. The second-order valence-electron chi connectivity index (χ2n) is 5.45. The van der Waals surface area contributed by atoms with Crippen molar-refractivity contribution < 1.29 is 14.0 Å². The summed E-state index contributed by atoms with van der Waals surface area (Å²) in [6, 6.07) is 14.2. The van der Waals surface area contributed by atoms with Crippen LogP contribution in [0.25, 0.3) is 0 Å². The molecular formula is C17H13FN2O2S. The Morgan fingerprint density at radius 2 is 1.70 bits per heavy atom. The van der Waals surface area contributed by atoms with Crippen molar-refractivity contribution >= 4 is 29.4 Å². The van der Waals surface area contributed by atoms with Crippen LogP contribution in [0.2, 0.25) is 0 Å². The quantitative estimate of drug-likeness (QED) is 0.793. The van der Waals surface area contributed by atoms with Gasteiger partial charge in [-0.25, -0.2) is 14.1 Å². The normalized spacial score (nSPS) is 23.5. The van der Waals surface area contributed by atoms with Crippen molar-refractivity contribution in [2.24, 2.45) is 0 Å². The van der Waals surface area contributed by atoms with Gasteiger partial charge >= 0.3 is 6.03 Å². The minimum atomic E-state index is -0.456. The standard InChI is InChI=1S/C17H13FN2O2S/c18-12-8-6-11(7-9-12)16-20-14(10-23-16)15(21)19(17(20)22)13-4-2-1-3-5-13/h1-9,14,16H,10H2. The van der Waals surface area contributed by atoms with Crippen LogP contribution in [0.4, 0.5) is 14.9 Å². The van der Waals surface area contributed by atoms with Gasteiger partial charge in [-0.2, -0.15) is 0 Å². The highest BCUT2D eigenvalue weighted by molar-refractivity contribution is 7.99. The summed E-state index contributed by atoms with van der Waals surface area (Å²) in [5, 5.41) is -0.259. The zero-order chi connectivity index (χ0) is 16.0. The first-order valence-electron chi connectivity index (χ1n) is 7.25. The van der Waals surface area contributed by atoms with E-state index in [-0.39, 0.29) is 23.1 Å². The summed E-state index contributed by atoms with van der Waals surface area (Å²) >= 11 is 1.53. The molecule has 0 saturated carbocycles. The summed E-state index contributed by atoms with van der Waals surface area (Å²) in [6.07, 6.45) is 0. The Labute approximate surface area is 136 Å². The number of urea groups is 1. The molecule has 6 heteroatoms. The highest BCUT2D eigenvalue weighted by Gasteiger charge is 2.53. The topological polar surface area (TPSA) is 40.6 Å². The second kappa shape index (κ2) is 5.38. The van der Waals surface area contributed by atoms with Gasteiger partial charge < -0.3 is 0 Å². The monoisotopic (exact) mass is 328 g/mol. The smallest absolute Gasteiger partial charge is 0.295 e. The molecule has 2 aliphatic heterocycles. The average Bonchev–Trinajstić information content (AvgIpc) is 3.10. The van der Waals surface area contributed by atoms with Crippen LogP contribution >= 0.6 is 11.8 Å². The first kappa shape index (κ1) is 14.3. The molecule has 2 aromatic carbocycles. The van der Waals surface area contributed by atoms with Gasteiger partial charge in [-0.05, 0) is 29.8 Å². The number of para-hydroxylation sites is 1. The molecule has 2 atom stereocenters. The van der Waals surface area contributed by atoms with Crippen LogP contribution in [0.5, 0.6) is 0 Å². The number of thioether (sulfide) groups is 1. The number of imide groups is 1. The highest BCUT2D eigenvalue weighted by Crippen LogP contribution is 2.45. The van der Waals surface area contributed by atoms with Crippen molar-refractivity contribution in [3.05, 3.63) is 66.0 Å². The van der Waals surface area contributed by atoms with Gasteiger partial charge in [0.1, 0.15) is 17.2 Å². The molecule has 2 saturated heterocycles.